The molecule has 13 aromatic rings. The van der Waals surface area contributed by atoms with Gasteiger partial charge in [-0.3, -0.25) is 34.7 Å². The molecule has 79 heavy (non-hydrogen) atoms. The Morgan fingerprint density at radius 1 is 0.608 bits per heavy atom. The molecular formula is C60H46Cl4I2N12O. The SMILES string of the molecule is Cc1cc(N)nc(C)c1CNC(=O)c1cn(Cc2ccc3ncc(Cl)cc3c2)c2cnccc12.ClCc1ccc2ncc(Cl)cc2c1.Clc1cnc2ccc(Cn3cc(I)c4ccncc43)cc2c1.Ic1c[nH]c2cnccc12. The molecule has 0 aliphatic heterocycles. The molecule has 10 aromatic heterocycles. The van der Waals surface area contributed by atoms with E-state index >= 15 is 0 Å². The maximum absolute atomic E-state index is 13.2. The second-order valence-electron chi connectivity index (χ2n) is 18.4. The third kappa shape index (κ3) is 13.2. The number of hydrogen-bond donors (Lipinski definition) is 3. The summed E-state index contributed by atoms with van der Waals surface area (Å²) in [6.07, 6.45) is 21.8. The average Bonchev–Trinajstić information content (AvgIpc) is 4.18. The van der Waals surface area contributed by atoms with Gasteiger partial charge in [-0.25, -0.2) is 4.98 Å². The number of aryl methyl sites for hydroxylation is 2. The number of fused-ring (bicyclic) bond motifs is 6. The number of H-pyrrole nitrogens is 1. The minimum atomic E-state index is -0.153. The van der Waals surface area contributed by atoms with Crippen molar-refractivity contribution in [2.24, 2.45) is 0 Å². The van der Waals surface area contributed by atoms with Crippen molar-refractivity contribution >= 4 is 169 Å². The van der Waals surface area contributed by atoms with Crippen LogP contribution in [0.25, 0.3) is 65.4 Å². The molecule has 19 heteroatoms. The molecule has 0 unspecified atom stereocenters. The molecule has 0 radical (unpaired) electrons. The van der Waals surface area contributed by atoms with Crippen LogP contribution in [0, 0.1) is 21.0 Å². The molecule has 0 aliphatic carbocycles. The number of carbonyl (C=O) groups is 1. The maximum atomic E-state index is 13.2. The third-order valence-corrected chi connectivity index (χ3v) is 15.7. The van der Waals surface area contributed by atoms with E-state index in [0.29, 0.717) is 45.4 Å². The van der Waals surface area contributed by atoms with E-state index in [4.69, 9.17) is 52.1 Å². The number of alkyl halides is 1. The molecule has 13 rings (SSSR count). The zero-order valence-electron chi connectivity index (χ0n) is 42.3. The predicted molar refractivity (Wildman–Crippen MR) is 338 cm³/mol. The maximum Gasteiger partial charge on any atom is 0.253 e. The Morgan fingerprint density at radius 2 is 1.11 bits per heavy atom. The van der Waals surface area contributed by atoms with E-state index in [1.54, 1.807) is 37.2 Å². The molecule has 0 saturated carbocycles. The summed E-state index contributed by atoms with van der Waals surface area (Å²) in [5.41, 5.74) is 18.5. The number of nitrogens with two attached hydrogens (primary N) is 1. The Hall–Kier alpha value is -7.00. The highest BCUT2D eigenvalue weighted by atomic mass is 127. The van der Waals surface area contributed by atoms with Gasteiger partial charge in [0.25, 0.3) is 5.91 Å². The van der Waals surface area contributed by atoms with Crippen molar-refractivity contribution in [3.8, 4) is 0 Å². The van der Waals surface area contributed by atoms with Gasteiger partial charge in [-0.2, -0.15) is 0 Å². The smallest absolute Gasteiger partial charge is 0.253 e. The van der Waals surface area contributed by atoms with Crippen LogP contribution < -0.4 is 11.1 Å². The highest BCUT2D eigenvalue weighted by Gasteiger charge is 2.17. The lowest BCUT2D eigenvalue weighted by Crippen LogP contribution is -2.24. The van der Waals surface area contributed by atoms with Crippen molar-refractivity contribution in [1.29, 1.82) is 0 Å². The van der Waals surface area contributed by atoms with Gasteiger partial charge >= 0.3 is 0 Å². The minimum Gasteiger partial charge on any atom is -0.384 e. The van der Waals surface area contributed by atoms with Crippen molar-refractivity contribution < 1.29 is 4.79 Å². The number of hydrogen-bond acceptors (Lipinski definition) is 9. The lowest BCUT2D eigenvalue weighted by atomic mass is 10.1. The van der Waals surface area contributed by atoms with Gasteiger partial charge in [0, 0.05) is 126 Å². The van der Waals surface area contributed by atoms with Gasteiger partial charge in [-0.05, 0) is 166 Å². The number of nitrogen functional groups attached to an aromatic ring is 1. The summed E-state index contributed by atoms with van der Waals surface area (Å²) in [4.78, 5) is 46.0. The first-order valence-corrected chi connectivity index (χ1v) is 28.4. The molecule has 4 N–H and O–H groups in total. The van der Waals surface area contributed by atoms with Gasteiger partial charge in [0.05, 0.1) is 72.3 Å². The fourth-order valence-corrected chi connectivity index (χ4v) is 11.2. The first-order chi connectivity index (χ1) is 38.3. The fraction of sp³-hybridized carbons (Fsp3) is 0.100. The lowest BCUT2D eigenvalue weighted by Gasteiger charge is -2.11. The first kappa shape index (κ1) is 55.3. The van der Waals surface area contributed by atoms with Crippen molar-refractivity contribution in [2.75, 3.05) is 5.73 Å². The predicted octanol–water partition coefficient (Wildman–Crippen LogP) is 15.5. The molecule has 0 aliphatic rings. The van der Waals surface area contributed by atoms with Gasteiger partial charge in [-0.1, -0.05) is 53.0 Å². The van der Waals surface area contributed by atoms with Crippen LogP contribution in [0.1, 0.15) is 43.9 Å². The molecule has 394 valence electrons. The lowest BCUT2D eigenvalue weighted by molar-refractivity contribution is 0.0952. The monoisotopic (exact) mass is 1340 g/mol. The van der Waals surface area contributed by atoms with E-state index in [1.807, 2.05) is 122 Å². The molecule has 3 aromatic carbocycles. The van der Waals surface area contributed by atoms with Crippen LogP contribution >= 0.6 is 91.6 Å². The van der Waals surface area contributed by atoms with Gasteiger partial charge < -0.3 is 25.2 Å². The van der Waals surface area contributed by atoms with Crippen molar-refractivity contribution in [3.63, 3.8) is 0 Å². The van der Waals surface area contributed by atoms with Crippen LogP contribution in [0.3, 0.4) is 0 Å². The van der Waals surface area contributed by atoms with Crippen molar-refractivity contribution in [1.82, 2.24) is 54.3 Å². The number of nitrogens with one attached hydrogen (secondary N) is 2. The summed E-state index contributed by atoms with van der Waals surface area (Å²) < 4.78 is 6.75. The van der Waals surface area contributed by atoms with Crippen molar-refractivity contribution in [2.45, 2.75) is 39.4 Å². The minimum absolute atomic E-state index is 0.153. The number of amides is 1. The third-order valence-electron chi connectivity index (χ3n) is 13.0. The average molecular weight is 1350 g/mol. The normalized spacial score (nSPS) is 11.1. The summed E-state index contributed by atoms with van der Waals surface area (Å²) in [7, 11) is 0. The van der Waals surface area contributed by atoms with E-state index in [0.717, 1.165) is 89.1 Å². The Kier molecular flexibility index (Phi) is 17.5. The van der Waals surface area contributed by atoms with E-state index in [9.17, 15) is 4.79 Å². The molecule has 0 atom stereocenters. The second-order valence-corrected chi connectivity index (χ2v) is 22.3. The molecule has 0 bridgehead atoms. The molecule has 0 fully saturated rings. The Morgan fingerprint density at radius 3 is 1.67 bits per heavy atom. The molecule has 10 heterocycles. The van der Waals surface area contributed by atoms with Gasteiger partial charge in [0.2, 0.25) is 0 Å². The Bertz CT molecular complexity index is 4350. The van der Waals surface area contributed by atoms with Crippen molar-refractivity contribution in [3.05, 3.63) is 233 Å². The number of rotatable bonds is 8. The van der Waals surface area contributed by atoms with Crippen LogP contribution in [0.2, 0.25) is 15.1 Å². The highest BCUT2D eigenvalue weighted by molar-refractivity contribution is 14.1. The van der Waals surface area contributed by atoms with E-state index in [-0.39, 0.29) is 5.91 Å². The summed E-state index contributed by atoms with van der Waals surface area (Å²) in [6.45, 7) is 5.62. The summed E-state index contributed by atoms with van der Waals surface area (Å²) in [5, 5.41) is 11.4. The zero-order valence-corrected chi connectivity index (χ0v) is 49.6. The summed E-state index contributed by atoms with van der Waals surface area (Å²) in [5.74, 6) is 0.843. The van der Waals surface area contributed by atoms with Crippen LogP contribution in [0.15, 0.2) is 171 Å². The number of carbonyl (C=O) groups excluding carboxylic acids is 1. The van der Waals surface area contributed by atoms with Gasteiger partial charge in [-0.15, -0.1) is 11.6 Å². The number of nitrogens with zero attached hydrogens (tertiary/aromatic N) is 9. The van der Waals surface area contributed by atoms with Crippen LogP contribution in [0.5, 0.6) is 0 Å². The number of halogens is 6. The quantitative estimate of drug-likeness (QED) is 0.0989. The van der Waals surface area contributed by atoms with E-state index in [1.165, 1.54) is 23.5 Å². The van der Waals surface area contributed by atoms with Crippen LogP contribution in [0.4, 0.5) is 5.82 Å². The Labute approximate surface area is 501 Å². The molecular weight excluding hydrogens is 1300 g/mol. The molecule has 0 spiro atoms. The number of anilines is 1. The van der Waals surface area contributed by atoms with Gasteiger partial charge in [0.15, 0.2) is 0 Å². The highest BCUT2D eigenvalue weighted by Crippen LogP contribution is 2.27. The Balaban J connectivity index is 0.000000132. The topological polar surface area (TPSA) is 171 Å². The van der Waals surface area contributed by atoms with Gasteiger partial charge in [0.1, 0.15) is 5.82 Å². The van der Waals surface area contributed by atoms with E-state index in [2.05, 4.69) is 125 Å². The summed E-state index contributed by atoms with van der Waals surface area (Å²) in [6, 6.07) is 31.8. The summed E-state index contributed by atoms with van der Waals surface area (Å²) >= 11 is 28.3. The molecule has 13 nitrogen and oxygen atoms in total. The fourth-order valence-electron chi connectivity index (χ4n) is 9.16. The number of aromatic nitrogens is 10. The van der Waals surface area contributed by atoms with Crippen LogP contribution in [-0.2, 0) is 25.5 Å². The number of pyridine rings is 7. The second kappa shape index (κ2) is 25.0. The van der Waals surface area contributed by atoms with Crippen LogP contribution in [-0.4, -0.2) is 54.9 Å². The largest absolute Gasteiger partial charge is 0.384 e. The van der Waals surface area contributed by atoms with E-state index < -0.39 is 0 Å². The molecule has 0 saturated heterocycles. The standard InChI is InChI=1S/C26H23ClN6O.C17H11ClIN3.C10H7Cl2N.C7H5IN2/c1-15-7-25(28)32-16(2)21(15)11-31-26(34)22-14-33(24-12-29-6-5-20(22)24)13-17-3-4-23-18(8-17)9-19(27)10-30-23;18-13-6-12-5-11(1-2-16(12)21-7-13)9-22-10-15(19)14-3-4-20-8-17(14)22;11-5-7-1-2-10-8(3-7)4-9(12)6-13-10;8-6-3-10-7-4-9-2-1-5(6)7/h3-10,12,14H,11,13H2,1-2H3,(H2,28,32)(H,31,34);1-8,10H,9H2;1-4,6H,5H2;1-4,10H. The zero-order chi connectivity index (χ0) is 55.2. The number of aromatic amines is 1. The molecule has 1 amide bonds. The first-order valence-electron chi connectivity index (χ1n) is 24.5. The number of benzene rings is 3.